The van der Waals surface area contributed by atoms with Crippen LogP contribution in [0.3, 0.4) is 0 Å². The standard InChI is InChI=1S/C77H126O6/c1-4-7-10-13-16-19-22-25-28-31-33-35-37-38-40-41-43-46-49-52-55-58-61-64-67-70-76(79)82-73-74(72-81-75(78)69-66-63-60-57-54-51-48-45-30-27-24-21-18-15-12-9-6-3)83-77(80)71-68-65-62-59-56-53-50-47-44-42-39-36-34-32-29-26-23-20-17-14-11-8-5-2/h7-8,10-11,16-21,25-30,33-36,38,40,42,44,74H,4-6,9,12-15,22-24,31-32,37,39,41,43,45-73H2,1-3H3/b10-7-,11-8-,19-16-,20-17-,21-18-,28-25-,29-26-,30-27-,35-33-,36-34-,40-38-,44-42-. The van der Waals surface area contributed by atoms with Gasteiger partial charge in [-0.05, 0) is 141 Å². The van der Waals surface area contributed by atoms with Crippen LogP contribution in [-0.4, -0.2) is 37.2 Å². The van der Waals surface area contributed by atoms with Crippen LogP contribution in [0.1, 0.15) is 303 Å². The highest BCUT2D eigenvalue weighted by atomic mass is 16.6. The molecule has 1 atom stereocenters. The molecule has 0 amide bonds. The Morgan fingerprint density at radius 3 is 0.735 bits per heavy atom. The van der Waals surface area contributed by atoms with Gasteiger partial charge in [0.2, 0.25) is 0 Å². The van der Waals surface area contributed by atoms with Crippen LogP contribution < -0.4 is 0 Å². The van der Waals surface area contributed by atoms with E-state index in [0.29, 0.717) is 19.3 Å². The van der Waals surface area contributed by atoms with Gasteiger partial charge in [-0.2, -0.15) is 0 Å². The maximum absolute atomic E-state index is 13.0. The van der Waals surface area contributed by atoms with E-state index in [-0.39, 0.29) is 31.1 Å². The lowest BCUT2D eigenvalue weighted by Gasteiger charge is -2.18. The highest BCUT2D eigenvalue weighted by Crippen LogP contribution is 2.16. The van der Waals surface area contributed by atoms with Gasteiger partial charge in [-0.15, -0.1) is 0 Å². The molecule has 0 aliphatic rings. The summed E-state index contributed by atoms with van der Waals surface area (Å²) < 4.78 is 17.0. The van der Waals surface area contributed by atoms with E-state index in [1.165, 1.54) is 109 Å². The molecular weight excluding hydrogens is 1020 g/mol. The monoisotopic (exact) mass is 1150 g/mol. The van der Waals surface area contributed by atoms with Crippen molar-refractivity contribution in [3.63, 3.8) is 0 Å². The fourth-order valence-electron chi connectivity index (χ4n) is 9.23. The van der Waals surface area contributed by atoms with E-state index in [2.05, 4.69) is 167 Å². The van der Waals surface area contributed by atoms with Gasteiger partial charge >= 0.3 is 17.9 Å². The minimum Gasteiger partial charge on any atom is -0.462 e. The molecule has 0 saturated carbocycles. The number of ether oxygens (including phenoxy) is 3. The van der Waals surface area contributed by atoms with E-state index in [4.69, 9.17) is 14.2 Å². The largest absolute Gasteiger partial charge is 0.462 e. The lowest BCUT2D eigenvalue weighted by molar-refractivity contribution is -0.167. The maximum Gasteiger partial charge on any atom is 0.306 e. The van der Waals surface area contributed by atoms with Crippen molar-refractivity contribution in [2.24, 2.45) is 0 Å². The smallest absolute Gasteiger partial charge is 0.306 e. The summed E-state index contributed by atoms with van der Waals surface area (Å²) in [7, 11) is 0. The van der Waals surface area contributed by atoms with Crippen molar-refractivity contribution >= 4 is 17.9 Å². The summed E-state index contributed by atoms with van der Waals surface area (Å²) in [5.41, 5.74) is 0. The van der Waals surface area contributed by atoms with Crippen LogP contribution in [0.5, 0.6) is 0 Å². The van der Waals surface area contributed by atoms with Gasteiger partial charge < -0.3 is 14.2 Å². The van der Waals surface area contributed by atoms with Gasteiger partial charge in [-0.3, -0.25) is 14.4 Å². The molecule has 0 aromatic heterocycles. The van der Waals surface area contributed by atoms with Crippen molar-refractivity contribution in [3.05, 3.63) is 146 Å². The minimum absolute atomic E-state index is 0.0927. The highest BCUT2D eigenvalue weighted by molar-refractivity contribution is 5.71. The second-order valence-electron chi connectivity index (χ2n) is 22.3. The number of unbranched alkanes of at least 4 members (excludes halogenated alkanes) is 26. The molecule has 0 radical (unpaired) electrons. The third-order valence-corrected chi connectivity index (χ3v) is 14.3. The Hall–Kier alpha value is -4.71. The second-order valence-corrected chi connectivity index (χ2v) is 22.3. The number of esters is 3. The Balaban J connectivity index is 4.44. The number of rotatable bonds is 61. The average molecular weight is 1150 g/mol. The molecule has 0 aromatic carbocycles. The molecule has 0 N–H and O–H groups in total. The van der Waals surface area contributed by atoms with Crippen LogP contribution in [0, 0.1) is 0 Å². The first-order valence-electron chi connectivity index (χ1n) is 34.3. The van der Waals surface area contributed by atoms with Crippen LogP contribution in [-0.2, 0) is 28.6 Å². The van der Waals surface area contributed by atoms with E-state index in [0.717, 1.165) is 154 Å². The van der Waals surface area contributed by atoms with Gasteiger partial charge in [0, 0.05) is 19.3 Å². The normalized spacial score (nSPS) is 13.0. The van der Waals surface area contributed by atoms with Crippen LogP contribution >= 0.6 is 0 Å². The van der Waals surface area contributed by atoms with Crippen LogP contribution in [0.15, 0.2) is 146 Å². The van der Waals surface area contributed by atoms with Crippen molar-refractivity contribution in [3.8, 4) is 0 Å². The molecule has 0 saturated heterocycles. The number of carbonyl (C=O) groups is 3. The van der Waals surface area contributed by atoms with Gasteiger partial charge in [0.25, 0.3) is 0 Å². The van der Waals surface area contributed by atoms with Crippen LogP contribution in [0.2, 0.25) is 0 Å². The molecular formula is C77H126O6. The summed E-state index contributed by atoms with van der Waals surface area (Å²) in [5, 5.41) is 0. The van der Waals surface area contributed by atoms with Gasteiger partial charge in [0.15, 0.2) is 6.10 Å². The molecule has 0 aliphatic carbocycles. The third-order valence-electron chi connectivity index (χ3n) is 14.3. The van der Waals surface area contributed by atoms with Crippen molar-refractivity contribution < 1.29 is 28.6 Å². The Morgan fingerprint density at radius 1 is 0.253 bits per heavy atom. The van der Waals surface area contributed by atoms with Gasteiger partial charge in [-0.25, -0.2) is 0 Å². The molecule has 0 aliphatic heterocycles. The van der Waals surface area contributed by atoms with E-state index in [1.54, 1.807) is 0 Å². The number of hydrogen-bond acceptors (Lipinski definition) is 6. The zero-order valence-corrected chi connectivity index (χ0v) is 53.9. The van der Waals surface area contributed by atoms with Crippen molar-refractivity contribution in [2.45, 2.75) is 309 Å². The molecule has 0 bridgehead atoms. The summed E-state index contributed by atoms with van der Waals surface area (Å²) >= 11 is 0. The number of hydrogen-bond donors (Lipinski definition) is 0. The van der Waals surface area contributed by atoms with Gasteiger partial charge in [0.05, 0.1) is 0 Å². The van der Waals surface area contributed by atoms with Gasteiger partial charge in [-0.1, -0.05) is 289 Å². The van der Waals surface area contributed by atoms with E-state index in [1.807, 2.05) is 0 Å². The molecule has 1 unspecified atom stereocenters. The SMILES string of the molecule is CC/C=C\C/C=C\C/C=C\C/C=C\C/C=C\CCCCCCCCCCCC(=O)OCC(COC(=O)CCCCCCCCC/C=C\C/C=C\CCCCC)OC(=O)CCCCCCCCC/C=C\C/C=C\C/C=C\C/C=C\C/C=C\CC. The van der Waals surface area contributed by atoms with E-state index < -0.39 is 6.10 Å². The van der Waals surface area contributed by atoms with Crippen molar-refractivity contribution in [1.29, 1.82) is 0 Å². The fraction of sp³-hybridized carbons (Fsp3) is 0.649. The zero-order valence-electron chi connectivity index (χ0n) is 53.9. The fourth-order valence-corrected chi connectivity index (χ4v) is 9.23. The summed E-state index contributed by atoms with van der Waals surface area (Å²) in [4.78, 5) is 38.5. The molecule has 0 heterocycles. The predicted octanol–water partition coefficient (Wildman–Crippen LogP) is 23.9. The first kappa shape index (κ1) is 78.3. The Bertz CT molecular complexity index is 1800. The summed E-state index contributed by atoms with van der Waals surface area (Å²) in [6, 6.07) is 0. The summed E-state index contributed by atoms with van der Waals surface area (Å²) in [5.74, 6) is -0.912. The Kier molecular flexibility index (Phi) is 65.8. The summed E-state index contributed by atoms with van der Waals surface area (Å²) in [6.45, 7) is 6.39. The topological polar surface area (TPSA) is 78.9 Å². The van der Waals surface area contributed by atoms with E-state index >= 15 is 0 Å². The molecule has 470 valence electrons. The zero-order chi connectivity index (χ0) is 59.9. The average Bonchev–Trinajstić information content (AvgIpc) is 3.49. The molecule has 0 aromatic rings. The lowest BCUT2D eigenvalue weighted by atomic mass is 10.1. The molecule has 0 fully saturated rings. The number of allylic oxidation sites excluding steroid dienone is 24. The Morgan fingerprint density at radius 2 is 0.470 bits per heavy atom. The van der Waals surface area contributed by atoms with Crippen molar-refractivity contribution in [2.75, 3.05) is 13.2 Å². The molecule has 0 rings (SSSR count). The number of carbonyl (C=O) groups excluding carboxylic acids is 3. The predicted molar refractivity (Wildman–Crippen MR) is 362 cm³/mol. The lowest BCUT2D eigenvalue weighted by Crippen LogP contribution is -2.30. The third kappa shape index (κ3) is 68.0. The van der Waals surface area contributed by atoms with Gasteiger partial charge in [0.1, 0.15) is 13.2 Å². The first-order chi connectivity index (χ1) is 41.0. The first-order valence-corrected chi connectivity index (χ1v) is 34.3. The maximum atomic E-state index is 13.0. The summed E-state index contributed by atoms with van der Waals surface area (Å²) in [6.07, 6.45) is 99.9. The highest BCUT2D eigenvalue weighted by Gasteiger charge is 2.19. The molecule has 83 heavy (non-hydrogen) atoms. The van der Waals surface area contributed by atoms with Crippen LogP contribution in [0.25, 0.3) is 0 Å². The molecule has 6 nitrogen and oxygen atoms in total. The van der Waals surface area contributed by atoms with E-state index in [9.17, 15) is 14.4 Å². The molecule has 6 heteroatoms. The second kappa shape index (κ2) is 69.8. The minimum atomic E-state index is -0.799. The molecule has 0 spiro atoms. The Labute approximate surface area is 512 Å². The van der Waals surface area contributed by atoms with Crippen LogP contribution in [0.4, 0.5) is 0 Å². The quantitative estimate of drug-likeness (QED) is 0.0261. The van der Waals surface area contributed by atoms with Crippen molar-refractivity contribution in [1.82, 2.24) is 0 Å².